The molecule has 2 N–H and O–H groups in total. The van der Waals surface area contributed by atoms with Gasteiger partial charge in [-0.3, -0.25) is 4.79 Å². The standard InChI is InChI=1S/C12H16N2O3S/c1-7-6-18-10(12(16)17-2)9(7)14-11(15)8-3-4-13-5-8/h6,8,13H,3-5H2,1-2H3,(H,14,15). The van der Waals surface area contributed by atoms with Crippen LogP contribution in [0.4, 0.5) is 5.69 Å². The second-order valence-electron chi connectivity index (χ2n) is 4.29. The first kappa shape index (κ1) is 13.0. The number of thiophene rings is 1. The maximum atomic E-state index is 12.0. The Bertz CT molecular complexity index is 464. The Kier molecular flexibility index (Phi) is 3.98. The highest BCUT2D eigenvalue weighted by Gasteiger charge is 2.25. The van der Waals surface area contributed by atoms with Gasteiger partial charge in [-0.2, -0.15) is 0 Å². The molecule has 2 heterocycles. The molecule has 18 heavy (non-hydrogen) atoms. The van der Waals surface area contributed by atoms with E-state index in [0.717, 1.165) is 18.5 Å². The fourth-order valence-electron chi connectivity index (χ4n) is 1.95. The Morgan fingerprint density at radius 3 is 2.94 bits per heavy atom. The van der Waals surface area contributed by atoms with E-state index >= 15 is 0 Å². The maximum Gasteiger partial charge on any atom is 0.350 e. The lowest BCUT2D eigenvalue weighted by Crippen LogP contribution is -2.25. The predicted octanol–water partition coefficient (Wildman–Crippen LogP) is 1.39. The van der Waals surface area contributed by atoms with Crippen LogP contribution in [0.25, 0.3) is 0 Å². The largest absolute Gasteiger partial charge is 0.465 e. The highest BCUT2D eigenvalue weighted by atomic mass is 32.1. The number of hydrogen-bond acceptors (Lipinski definition) is 5. The van der Waals surface area contributed by atoms with Gasteiger partial charge in [-0.15, -0.1) is 11.3 Å². The van der Waals surface area contributed by atoms with Crippen LogP contribution in [0.2, 0.25) is 0 Å². The van der Waals surface area contributed by atoms with Gasteiger partial charge in [0.1, 0.15) is 4.88 Å². The molecule has 2 rings (SSSR count). The van der Waals surface area contributed by atoms with Crippen molar-refractivity contribution in [3.63, 3.8) is 0 Å². The number of carbonyl (C=O) groups is 2. The summed E-state index contributed by atoms with van der Waals surface area (Å²) in [5, 5.41) is 7.83. The van der Waals surface area contributed by atoms with E-state index in [0.29, 0.717) is 17.1 Å². The summed E-state index contributed by atoms with van der Waals surface area (Å²) in [6, 6.07) is 0. The lowest BCUT2D eigenvalue weighted by Gasteiger charge is -2.11. The van der Waals surface area contributed by atoms with E-state index in [1.807, 2.05) is 12.3 Å². The summed E-state index contributed by atoms with van der Waals surface area (Å²) < 4.78 is 4.71. The van der Waals surface area contributed by atoms with Crippen LogP contribution < -0.4 is 10.6 Å². The summed E-state index contributed by atoms with van der Waals surface area (Å²) in [7, 11) is 1.34. The van der Waals surface area contributed by atoms with Crippen molar-refractivity contribution < 1.29 is 14.3 Å². The summed E-state index contributed by atoms with van der Waals surface area (Å²) in [6.45, 7) is 3.43. The maximum absolute atomic E-state index is 12.0. The van der Waals surface area contributed by atoms with Crippen molar-refractivity contribution in [3.05, 3.63) is 15.8 Å². The van der Waals surface area contributed by atoms with Crippen LogP contribution in [0.1, 0.15) is 21.7 Å². The minimum absolute atomic E-state index is 0.0187. The summed E-state index contributed by atoms with van der Waals surface area (Å²) >= 11 is 1.29. The van der Waals surface area contributed by atoms with Gasteiger partial charge in [0.2, 0.25) is 5.91 Å². The average molecular weight is 268 g/mol. The average Bonchev–Trinajstić information content (AvgIpc) is 2.99. The number of nitrogens with one attached hydrogen (secondary N) is 2. The van der Waals surface area contributed by atoms with Crippen molar-refractivity contribution in [1.82, 2.24) is 5.32 Å². The van der Waals surface area contributed by atoms with E-state index in [9.17, 15) is 9.59 Å². The number of rotatable bonds is 3. The van der Waals surface area contributed by atoms with Crippen molar-refractivity contribution >= 4 is 28.9 Å². The van der Waals surface area contributed by atoms with E-state index < -0.39 is 5.97 Å². The zero-order valence-electron chi connectivity index (χ0n) is 10.4. The van der Waals surface area contributed by atoms with Gasteiger partial charge >= 0.3 is 5.97 Å². The van der Waals surface area contributed by atoms with E-state index in [1.165, 1.54) is 18.4 Å². The number of hydrogen-bond donors (Lipinski definition) is 2. The van der Waals surface area contributed by atoms with Crippen LogP contribution >= 0.6 is 11.3 Å². The van der Waals surface area contributed by atoms with Gasteiger partial charge in [-0.25, -0.2) is 4.79 Å². The first-order chi connectivity index (χ1) is 8.63. The summed E-state index contributed by atoms with van der Waals surface area (Å²) in [5.41, 5.74) is 1.48. The number of carbonyl (C=O) groups excluding carboxylic acids is 2. The van der Waals surface area contributed by atoms with E-state index in [-0.39, 0.29) is 11.8 Å². The molecule has 1 aliphatic rings. The van der Waals surface area contributed by atoms with Gasteiger partial charge in [-0.1, -0.05) is 0 Å². The summed E-state index contributed by atoms with van der Waals surface area (Å²) in [5.74, 6) is -0.464. The highest BCUT2D eigenvalue weighted by Crippen LogP contribution is 2.29. The zero-order valence-corrected chi connectivity index (χ0v) is 11.2. The predicted molar refractivity (Wildman–Crippen MR) is 70.0 cm³/mol. The minimum atomic E-state index is -0.409. The van der Waals surface area contributed by atoms with Crippen molar-refractivity contribution in [1.29, 1.82) is 0 Å². The minimum Gasteiger partial charge on any atom is -0.465 e. The van der Waals surface area contributed by atoms with Crippen molar-refractivity contribution in [2.45, 2.75) is 13.3 Å². The number of ether oxygens (including phenoxy) is 1. The normalized spacial score (nSPS) is 18.7. The number of esters is 1. The van der Waals surface area contributed by atoms with E-state index in [4.69, 9.17) is 4.74 Å². The first-order valence-electron chi connectivity index (χ1n) is 5.81. The van der Waals surface area contributed by atoms with Gasteiger partial charge in [0.15, 0.2) is 0 Å². The molecular weight excluding hydrogens is 252 g/mol. The van der Waals surface area contributed by atoms with Crippen LogP contribution in [-0.2, 0) is 9.53 Å². The zero-order chi connectivity index (χ0) is 13.1. The second kappa shape index (κ2) is 5.49. The van der Waals surface area contributed by atoms with Crippen molar-refractivity contribution in [3.8, 4) is 0 Å². The molecule has 0 spiro atoms. The van der Waals surface area contributed by atoms with Gasteiger partial charge in [-0.05, 0) is 30.8 Å². The molecule has 1 amide bonds. The van der Waals surface area contributed by atoms with Crippen molar-refractivity contribution in [2.75, 3.05) is 25.5 Å². The molecule has 1 fully saturated rings. The topological polar surface area (TPSA) is 67.4 Å². The Labute approximate surface area is 110 Å². The van der Waals surface area contributed by atoms with Gasteiger partial charge in [0.25, 0.3) is 0 Å². The molecule has 6 heteroatoms. The summed E-state index contributed by atoms with van der Waals surface area (Å²) in [4.78, 5) is 24.1. The molecule has 1 aliphatic heterocycles. The molecule has 0 aromatic carbocycles. The molecular formula is C12H16N2O3S. The quantitative estimate of drug-likeness (QED) is 0.813. The smallest absolute Gasteiger partial charge is 0.350 e. The van der Waals surface area contributed by atoms with Gasteiger partial charge < -0.3 is 15.4 Å². The SMILES string of the molecule is COC(=O)c1scc(C)c1NC(=O)C1CCNC1. The van der Waals surface area contributed by atoms with Crippen LogP contribution in [0.15, 0.2) is 5.38 Å². The number of aryl methyl sites for hydroxylation is 1. The Hall–Kier alpha value is -1.40. The molecule has 1 unspecified atom stereocenters. The van der Waals surface area contributed by atoms with Crippen LogP contribution in [0.5, 0.6) is 0 Å². The lowest BCUT2D eigenvalue weighted by molar-refractivity contribution is -0.119. The fourth-order valence-corrected chi connectivity index (χ4v) is 2.87. The third-order valence-electron chi connectivity index (χ3n) is 3.03. The van der Waals surface area contributed by atoms with E-state index in [1.54, 1.807) is 0 Å². The third kappa shape index (κ3) is 2.54. The van der Waals surface area contributed by atoms with Crippen molar-refractivity contribution in [2.24, 2.45) is 5.92 Å². The Balaban J connectivity index is 2.15. The van der Waals surface area contributed by atoms with Crippen LogP contribution in [-0.4, -0.2) is 32.1 Å². The van der Waals surface area contributed by atoms with Crippen LogP contribution in [0, 0.1) is 12.8 Å². The Morgan fingerprint density at radius 2 is 2.33 bits per heavy atom. The van der Waals surface area contributed by atoms with Gasteiger partial charge in [0, 0.05) is 6.54 Å². The highest BCUT2D eigenvalue weighted by molar-refractivity contribution is 7.12. The Morgan fingerprint density at radius 1 is 1.56 bits per heavy atom. The molecule has 98 valence electrons. The number of methoxy groups -OCH3 is 1. The first-order valence-corrected chi connectivity index (χ1v) is 6.69. The third-order valence-corrected chi connectivity index (χ3v) is 4.10. The molecule has 5 nitrogen and oxygen atoms in total. The lowest BCUT2D eigenvalue weighted by atomic mass is 10.1. The molecule has 0 bridgehead atoms. The number of anilines is 1. The van der Waals surface area contributed by atoms with Crippen LogP contribution in [0.3, 0.4) is 0 Å². The summed E-state index contributed by atoms with van der Waals surface area (Å²) in [6.07, 6.45) is 0.836. The molecule has 0 radical (unpaired) electrons. The molecule has 0 saturated carbocycles. The molecule has 1 aromatic rings. The van der Waals surface area contributed by atoms with E-state index in [2.05, 4.69) is 10.6 Å². The fraction of sp³-hybridized carbons (Fsp3) is 0.500. The monoisotopic (exact) mass is 268 g/mol. The number of amides is 1. The molecule has 1 atom stereocenters. The molecule has 0 aliphatic carbocycles. The molecule has 1 aromatic heterocycles. The second-order valence-corrected chi connectivity index (χ2v) is 5.17. The van der Waals surface area contributed by atoms with Gasteiger partial charge in [0.05, 0.1) is 18.7 Å². The molecule has 1 saturated heterocycles.